The van der Waals surface area contributed by atoms with Crippen molar-refractivity contribution in [1.29, 1.82) is 0 Å². The Kier molecular flexibility index (Phi) is 6.57. The molecule has 0 aliphatic rings. The van der Waals surface area contributed by atoms with Gasteiger partial charge in [-0.05, 0) is 59.5 Å². The molecule has 0 amide bonds. The van der Waals surface area contributed by atoms with Crippen LogP contribution in [0.2, 0.25) is 0 Å². The fourth-order valence-corrected chi connectivity index (χ4v) is 3.25. The number of methoxy groups -OCH3 is 1. The van der Waals surface area contributed by atoms with Crippen molar-refractivity contribution in [2.75, 3.05) is 7.11 Å². The van der Waals surface area contributed by atoms with Crippen LogP contribution in [0.4, 0.5) is 5.13 Å². The first-order chi connectivity index (χ1) is 14.0. The zero-order chi connectivity index (χ0) is 20.8. The van der Waals surface area contributed by atoms with Crippen LogP contribution >= 0.6 is 11.3 Å². The molecular weight excluding hydrogens is 384 g/mol. The molecule has 0 spiro atoms. The van der Waals surface area contributed by atoms with Crippen LogP contribution in [-0.4, -0.2) is 29.2 Å². The van der Waals surface area contributed by atoms with Gasteiger partial charge in [-0.1, -0.05) is 19.9 Å². The number of ether oxygens (including phenoxy) is 1. The number of hydrogen-bond acceptors (Lipinski definition) is 6. The van der Waals surface area contributed by atoms with Crippen molar-refractivity contribution in [3.8, 4) is 11.5 Å². The standard InChI is InChI=1S/C23H22N2O3S/c1-15(2)20-13-16(4-9-21(26)17-5-7-19(28-3)8-6-17)12-18(22(20)27)14-25-23-24-10-11-29-23/h4-15,27H,1-3H3/b9-4+,25-14+. The maximum absolute atomic E-state index is 12.5. The largest absolute Gasteiger partial charge is 0.507 e. The predicted octanol–water partition coefficient (Wildman–Crippen LogP) is 5.63. The first kappa shape index (κ1) is 20.5. The van der Waals surface area contributed by atoms with E-state index in [0.29, 0.717) is 22.0 Å². The van der Waals surface area contributed by atoms with Gasteiger partial charge in [0.1, 0.15) is 11.5 Å². The molecule has 0 saturated carbocycles. The Bertz CT molecular complexity index is 1040. The second-order valence-electron chi connectivity index (χ2n) is 6.70. The predicted molar refractivity (Wildman–Crippen MR) is 118 cm³/mol. The highest BCUT2D eigenvalue weighted by Crippen LogP contribution is 2.31. The van der Waals surface area contributed by atoms with Crippen LogP contribution in [0.25, 0.3) is 6.08 Å². The highest BCUT2D eigenvalue weighted by molar-refractivity contribution is 7.13. The quantitative estimate of drug-likeness (QED) is 0.314. The van der Waals surface area contributed by atoms with Crippen LogP contribution in [-0.2, 0) is 0 Å². The number of aromatic hydroxyl groups is 1. The molecule has 0 bridgehead atoms. The van der Waals surface area contributed by atoms with Crippen molar-refractivity contribution >= 4 is 34.5 Å². The number of nitrogens with zero attached hydrogens (tertiary/aromatic N) is 2. The average molecular weight is 407 g/mol. The Morgan fingerprint density at radius 2 is 2.00 bits per heavy atom. The second-order valence-corrected chi connectivity index (χ2v) is 7.57. The number of hydrogen-bond donors (Lipinski definition) is 1. The number of aromatic nitrogens is 1. The van der Waals surface area contributed by atoms with E-state index in [1.54, 1.807) is 55.9 Å². The number of carbonyl (C=O) groups excluding carboxylic acids is 1. The van der Waals surface area contributed by atoms with Gasteiger partial charge in [-0.2, -0.15) is 0 Å². The second kappa shape index (κ2) is 9.30. The number of phenolic OH excluding ortho intramolecular Hbond substituents is 1. The zero-order valence-electron chi connectivity index (χ0n) is 16.5. The van der Waals surface area contributed by atoms with Crippen molar-refractivity contribution in [1.82, 2.24) is 4.98 Å². The van der Waals surface area contributed by atoms with Gasteiger partial charge in [0.15, 0.2) is 5.78 Å². The molecule has 5 nitrogen and oxygen atoms in total. The average Bonchev–Trinajstić information content (AvgIpc) is 3.25. The van der Waals surface area contributed by atoms with Crippen molar-refractivity contribution in [3.63, 3.8) is 0 Å². The number of thiazole rings is 1. The number of ketones is 1. The minimum absolute atomic E-state index is 0.107. The number of benzene rings is 2. The lowest BCUT2D eigenvalue weighted by molar-refractivity contribution is 0.104. The molecule has 0 aliphatic heterocycles. The number of allylic oxidation sites excluding steroid dienone is 1. The molecule has 29 heavy (non-hydrogen) atoms. The Labute approximate surface area is 174 Å². The summed E-state index contributed by atoms with van der Waals surface area (Å²) in [6.45, 7) is 4.01. The Balaban J connectivity index is 1.89. The minimum atomic E-state index is -0.107. The van der Waals surface area contributed by atoms with Gasteiger partial charge >= 0.3 is 0 Å². The molecule has 0 aliphatic carbocycles. The van der Waals surface area contributed by atoms with Crippen LogP contribution in [0, 0.1) is 0 Å². The summed E-state index contributed by atoms with van der Waals surface area (Å²) in [5, 5.41) is 13.1. The Morgan fingerprint density at radius 1 is 1.24 bits per heavy atom. The van der Waals surface area contributed by atoms with Crippen LogP contribution in [0.3, 0.4) is 0 Å². The maximum Gasteiger partial charge on any atom is 0.209 e. The number of aliphatic imine (C=N–C) groups is 1. The summed E-state index contributed by atoms with van der Waals surface area (Å²) in [6.07, 6.45) is 6.56. The van der Waals surface area contributed by atoms with E-state index in [-0.39, 0.29) is 17.5 Å². The third kappa shape index (κ3) is 5.18. The molecule has 2 aromatic carbocycles. The van der Waals surface area contributed by atoms with E-state index in [0.717, 1.165) is 11.1 Å². The first-order valence-corrected chi connectivity index (χ1v) is 10.0. The van der Waals surface area contributed by atoms with Gasteiger partial charge in [0.25, 0.3) is 0 Å². The van der Waals surface area contributed by atoms with E-state index >= 15 is 0 Å². The maximum atomic E-state index is 12.5. The molecule has 1 aromatic heterocycles. The van der Waals surface area contributed by atoms with Gasteiger partial charge in [0.05, 0.1) is 7.11 Å². The summed E-state index contributed by atoms with van der Waals surface area (Å²) in [5.41, 5.74) is 2.77. The van der Waals surface area contributed by atoms with E-state index in [4.69, 9.17) is 4.74 Å². The fourth-order valence-electron chi connectivity index (χ4n) is 2.77. The highest BCUT2D eigenvalue weighted by atomic mass is 32.1. The van der Waals surface area contributed by atoms with Crippen molar-refractivity contribution < 1.29 is 14.6 Å². The zero-order valence-corrected chi connectivity index (χ0v) is 17.3. The molecule has 0 radical (unpaired) electrons. The normalized spacial score (nSPS) is 11.6. The lowest BCUT2D eigenvalue weighted by Gasteiger charge is -2.12. The monoisotopic (exact) mass is 406 g/mol. The third-order valence-electron chi connectivity index (χ3n) is 4.35. The summed E-state index contributed by atoms with van der Waals surface area (Å²) in [4.78, 5) is 20.9. The van der Waals surface area contributed by atoms with Gasteiger partial charge < -0.3 is 9.84 Å². The van der Waals surface area contributed by atoms with Crippen molar-refractivity contribution in [3.05, 3.63) is 76.3 Å². The van der Waals surface area contributed by atoms with Gasteiger partial charge in [-0.3, -0.25) is 4.79 Å². The van der Waals surface area contributed by atoms with E-state index < -0.39 is 0 Å². The van der Waals surface area contributed by atoms with E-state index in [1.165, 1.54) is 17.4 Å². The summed E-state index contributed by atoms with van der Waals surface area (Å²) >= 11 is 1.42. The summed E-state index contributed by atoms with van der Waals surface area (Å²) in [6, 6.07) is 10.7. The summed E-state index contributed by atoms with van der Waals surface area (Å²) in [5.74, 6) is 0.909. The van der Waals surface area contributed by atoms with Crippen LogP contribution < -0.4 is 4.74 Å². The molecular formula is C23H22N2O3S. The smallest absolute Gasteiger partial charge is 0.209 e. The first-order valence-electron chi connectivity index (χ1n) is 9.15. The lowest BCUT2D eigenvalue weighted by atomic mass is 9.96. The van der Waals surface area contributed by atoms with Gasteiger partial charge in [0, 0.05) is 28.9 Å². The van der Waals surface area contributed by atoms with Gasteiger partial charge in [-0.15, -0.1) is 11.3 Å². The molecule has 148 valence electrons. The van der Waals surface area contributed by atoms with E-state index in [2.05, 4.69) is 9.98 Å². The molecule has 3 rings (SSSR count). The number of rotatable bonds is 7. The minimum Gasteiger partial charge on any atom is -0.507 e. The number of carbonyl (C=O) groups is 1. The Morgan fingerprint density at radius 3 is 2.62 bits per heavy atom. The molecule has 0 fully saturated rings. The molecule has 0 unspecified atom stereocenters. The topological polar surface area (TPSA) is 71.8 Å². The fraction of sp³-hybridized carbons (Fsp3) is 0.174. The number of phenols is 1. The SMILES string of the molecule is COc1ccc(C(=O)/C=C/c2cc(/C=N/c3nccs3)c(O)c(C(C)C)c2)cc1. The van der Waals surface area contributed by atoms with Crippen LogP contribution in [0.15, 0.2) is 59.0 Å². The van der Waals surface area contributed by atoms with Crippen LogP contribution in [0.5, 0.6) is 11.5 Å². The molecule has 1 N–H and O–H groups in total. The molecule has 1 heterocycles. The molecule has 3 aromatic rings. The lowest BCUT2D eigenvalue weighted by Crippen LogP contribution is -1.96. The molecule has 0 saturated heterocycles. The van der Waals surface area contributed by atoms with Crippen molar-refractivity contribution in [2.24, 2.45) is 4.99 Å². The Hall–Kier alpha value is -3.25. The van der Waals surface area contributed by atoms with Crippen molar-refractivity contribution in [2.45, 2.75) is 19.8 Å². The van der Waals surface area contributed by atoms with E-state index in [1.807, 2.05) is 25.3 Å². The molecule has 6 heteroatoms. The van der Waals surface area contributed by atoms with Gasteiger partial charge in [0.2, 0.25) is 5.13 Å². The molecule has 0 atom stereocenters. The highest BCUT2D eigenvalue weighted by Gasteiger charge is 2.12. The third-order valence-corrected chi connectivity index (χ3v) is 5.03. The summed E-state index contributed by atoms with van der Waals surface area (Å²) < 4.78 is 5.12. The summed E-state index contributed by atoms with van der Waals surface area (Å²) in [7, 11) is 1.59. The van der Waals surface area contributed by atoms with Crippen LogP contribution in [0.1, 0.15) is 46.8 Å². The van der Waals surface area contributed by atoms with Gasteiger partial charge in [-0.25, -0.2) is 9.98 Å². The van der Waals surface area contributed by atoms with E-state index in [9.17, 15) is 9.90 Å².